The molecule has 0 aromatic rings. The zero-order chi connectivity index (χ0) is 11.0. The van der Waals surface area contributed by atoms with Gasteiger partial charge in [0.2, 0.25) is 6.10 Å². The van der Waals surface area contributed by atoms with Crippen LogP contribution in [0.1, 0.15) is 13.8 Å². The second kappa shape index (κ2) is 6.54. The van der Waals surface area contributed by atoms with E-state index in [2.05, 4.69) is 15.4 Å². The molecular weight excluding hydrogens is 188 g/mol. The lowest BCUT2D eigenvalue weighted by atomic mass is 10.3. The van der Waals surface area contributed by atoms with Crippen molar-refractivity contribution in [1.29, 1.82) is 0 Å². The van der Waals surface area contributed by atoms with Crippen molar-refractivity contribution in [3.05, 3.63) is 12.2 Å². The van der Waals surface area contributed by atoms with Crippen molar-refractivity contribution in [3.63, 3.8) is 0 Å². The van der Waals surface area contributed by atoms with Crippen molar-refractivity contribution in [3.8, 4) is 12.0 Å². The quantitative estimate of drug-likeness (QED) is 0.418. The Hall–Kier alpha value is -1.96. The number of carboxylic acid groups (broad SMARTS) is 1. The summed E-state index contributed by atoms with van der Waals surface area (Å²) in [5.41, 5.74) is 0. The van der Waals surface area contributed by atoms with Gasteiger partial charge in [0.15, 0.2) is 0 Å². The van der Waals surface area contributed by atoms with Crippen LogP contribution in [0.25, 0.3) is 0 Å². The summed E-state index contributed by atoms with van der Waals surface area (Å²) >= 11 is 0. The first-order valence-corrected chi connectivity index (χ1v) is 3.76. The first-order valence-electron chi connectivity index (χ1n) is 3.76. The van der Waals surface area contributed by atoms with Gasteiger partial charge in [0.25, 0.3) is 0 Å². The van der Waals surface area contributed by atoms with Gasteiger partial charge in [-0.2, -0.15) is 0 Å². The van der Waals surface area contributed by atoms with Crippen LogP contribution in [0.4, 0.5) is 4.79 Å². The van der Waals surface area contributed by atoms with Gasteiger partial charge in [-0.1, -0.05) is 12.0 Å². The van der Waals surface area contributed by atoms with Crippen molar-refractivity contribution in [2.45, 2.75) is 20.0 Å². The molecule has 0 saturated carbocycles. The molecular formula is C9H10O5. The Balaban J connectivity index is 4.21. The number of allylic oxidation sites excluding steroid dienone is 1. The van der Waals surface area contributed by atoms with E-state index in [1.54, 1.807) is 6.92 Å². The standard InChI is InChI=1S/C9H10O5/c1-3-5-7(8(10)11)14-9(12)13-6-4-2/h3,5,7H,1-2H3,(H,10,11). The molecule has 5 heteroatoms. The SMILES string of the molecule is CC#COC(=O)OC(C=CC)C(=O)O. The third-order valence-electron chi connectivity index (χ3n) is 1.07. The minimum Gasteiger partial charge on any atom is -0.478 e. The van der Waals surface area contributed by atoms with Crippen LogP contribution in [0, 0.1) is 12.0 Å². The lowest BCUT2D eigenvalue weighted by Gasteiger charge is -2.06. The second-order valence-electron chi connectivity index (χ2n) is 2.11. The van der Waals surface area contributed by atoms with Crippen LogP contribution in [0.5, 0.6) is 0 Å². The monoisotopic (exact) mass is 198 g/mol. The molecule has 0 fully saturated rings. The van der Waals surface area contributed by atoms with Gasteiger partial charge in [-0.3, -0.25) is 0 Å². The number of carbonyl (C=O) groups excluding carboxylic acids is 1. The highest BCUT2D eigenvalue weighted by molar-refractivity contribution is 5.77. The molecule has 0 aliphatic heterocycles. The van der Waals surface area contributed by atoms with E-state index in [1.165, 1.54) is 19.1 Å². The van der Waals surface area contributed by atoms with Gasteiger partial charge in [0, 0.05) is 6.92 Å². The Labute approximate surface area is 81.3 Å². The number of carbonyl (C=O) groups is 2. The summed E-state index contributed by atoms with van der Waals surface area (Å²) in [6, 6.07) is 0. The Kier molecular flexibility index (Phi) is 5.63. The first kappa shape index (κ1) is 12.0. The molecule has 0 aromatic carbocycles. The Morgan fingerprint density at radius 3 is 2.57 bits per heavy atom. The van der Waals surface area contributed by atoms with Crippen molar-refractivity contribution >= 4 is 12.1 Å². The topological polar surface area (TPSA) is 72.8 Å². The van der Waals surface area contributed by atoms with Gasteiger partial charge >= 0.3 is 12.1 Å². The molecule has 0 saturated heterocycles. The minimum absolute atomic E-state index is 1.13. The van der Waals surface area contributed by atoms with Crippen LogP contribution >= 0.6 is 0 Å². The summed E-state index contributed by atoms with van der Waals surface area (Å²) in [5, 5.41) is 8.56. The largest absolute Gasteiger partial charge is 0.523 e. The molecule has 14 heavy (non-hydrogen) atoms. The maximum absolute atomic E-state index is 10.7. The molecule has 0 bridgehead atoms. The van der Waals surface area contributed by atoms with E-state index >= 15 is 0 Å². The van der Waals surface area contributed by atoms with Crippen LogP contribution in [-0.4, -0.2) is 23.3 Å². The fourth-order valence-corrected chi connectivity index (χ4v) is 0.567. The number of ether oxygens (including phenoxy) is 2. The first-order chi connectivity index (χ1) is 6.61. The van der Waals surface area contributed by atoms with Gasteiger partial charge in [-0.25, -0.2) is 9.59 Å². The van der Waals surface area contributed by atoms with Gasteiger partial charge in [-0.15, -0.1) is 0 Å². The summed E-state index contributed by atoms with van der Waals surface area (Å²) in [4.78, 5) is 21.2. The average molecular weight is 198 g/mol. The van der Waals surface area contributed by atoms with Gasteiger partial charge in [0.05, 0.1) is 0 Å². The number of aliphatic carboxylic acids is 1. The Morgan fingerprint density at radius 2 is 2.14 bits per heavy atom. The third-order valence-corrected chi connectivity index (χ3v) is 1.07. The van der Waals surface area contributed by atoms with E-state index in [0.29, 0.717) is 0 Å². The van der Waals surface area contributed by atoms with E-state index in [0.717, 1.165) is 0 Å². The lowest BCUT2D eigenvalue weighted by Crippen LogP contribution is -2.24. The van der Waals surface area contributed by atoms with Crippen LogP contribution in [0.3, 0.4) is 0 Å². The molecule has 0 aliphatic carbocycles. The molecule has 1 unspecified atom stereocenters. The maximum Gasteiger partial charge on any atom is 0.523 e. The molecule has 0 heterocycles. The summed E-state index contributed by atoms with van der Waals surface area (Å²) in [6.07, 6.45) is 2.18. The highest BCUT2D eigenvalue weighted by atomic mass is 16.7. The molecule has 5 nitrogen and oxygen atoms in total. The van der Waals surface area contributed by atoms with Crippen molar-refractivity contribution in [2.24, 2.45) is 0 Å². The zero-order valence-electron chi connectivity index (χ0n) is 7.81. The Bertz CT molecular complexity index is 294. The minimum atomic E-state index is -1.34. The maximum atomic E-state index is 10.7. The van der Waals surface area contributed by atoms with Gasteiger partial charge in [-0.05, 0) is 13.0 Å². The highest BCUT2D eigenvalue weighted by Gasteiger charge is 2.19. The van der Waals surface area contributed by atoms with Crippen LogP contribution in [0.15, 0.2) is 12.2 Å². The van der Waals surface area contributed by atoms with E-state index in [4.69, 9.17) is 5.11 Å². The predicted molar refractivity (Wildman–Crippen MR) is 47.3 cm³/mol. The molecule has 1 N–H and O–H groups in total. The van der Waals surface area contributed by atoms with Crippen molar-refractivity contribution in [2.75, 3.05) is 0 Å². The molecule has 0 amide bonds. The van der Waals surface area contributed by atoms with E-state index in [9.17, 15) is 9.59 Å². The van der Waals surface area contributed by atoms with Crippen LogP contribution in [-0.2, 0) is 14.3 Å². The molecule has 0 rings (SSSR count). The summed E-state index contributed by atoms with van der Waals surface area (Å²) in [5.74, 6) is 1.02. The summed E-state index contributed by atoms with van der Waals surface area (Å²) in [6.45, 7) is 3.07. The normalized spacial score (nSPS) is 11.3. The predicted octanol–water partition coefficient (Wildman–Crippen LogP) is 1.15. The second-order valence-corrected chi connectivity index (χ2v) is 2.11. The molecule has 1 atom stereocenters. The van der Waals surface area contributed by atoms with E-state index in [-0.39, 0.29) is 0 Å². The highest BCUT2D eigenvalue weighted by Crippen LogP contribution is 1.97. The fraction of sp³-hybridized carbons (Fsp3) is 0.333. The van der Waals surface area contributed by atoms with Crippen molar-refractivity contribution in [1.82, 2.24) is 0 Å². The summed E-state index contributed by atoms with van der Waals surface area (Å²) in [7, 11) is 0. The molecule has 0 radical (unpaired) electrons. The van der Waals surface area contributed by atoms with Crippen molar-refractivity contribution < 1.29 is 24.2 Å². The fourth-order valence-electron chi connectivity index (χ4n) is 0.567. The third kappa shape index (κ3) is 4.83. The molecule has 76 valence electrons. The lowest BCUT2D eigenvalue weighted by molar-refractivity contribution is -0.145. The molecule has 0 spiro atoms. The smallest absolute Gasteiger partial charge is 0.478 e. The summed E-state index contributed by atoms with van der Waals surface area (Å²) < 4.78 is 8.60. The van der Waals surface area contributed by atoms with Crippen LogP contribution < -0.4 is 0 Å². The molecule has 0 aromatic heterocycles. The zero-order valence-corrected chi connectivity index (χ0v) is 7.81. The number of carboxylic acids is 1. The van der Waals surface area contributed by atoms with Gasteiger partial charge < -0.3 is 14.6 Å². The van der Waals surface area contributed by atoms with Crippen LogP contribution in [0.2, 0.25) is 0 Å². The van der Waals surface area contributed by atoms with Gasteiger partial charge in [0.1, 0.15) is 6.11 Å². The molecule has 0 aliphatic rings. The Morgan fingerprint density at radius 1 is 1.50 bits per heavy atom. The number of rotatable bonds is 3. The average Bonchev–Trinajstić information content (AvgIpc) is 2.14. The number of hydrogen-bond donors (Lipinski definition) is 1. The number of hydrogen-bond acceptors (Lipinski definition) is 4. The van der Waals surface area contributed by atoms with E-state index < -0.39 is 18.2 Å². The van der Waals surface area contributed by atoms with E-state index in [1.807, 2.05) is 6.11 Å².